The molecule has 0 aliphatic heterocycles. The zero-order valence-corrected chi connectivity index (χ0v) is 3.56. The summed E-state index contributed by atoms with van der Waals surface area (Å²) in [4.78, 5) is 0. The largest absolute Gasteiger partial charge is 0.361 e. The van der Waals surface area contributed by atoms with Gasteiger partial charge in [0.05, 0.1) is 0 Å². The molecule has 0 aromatic carbocycles. The van der Waals surface area contributed by atoms with Gasteiger partial charge in [0.15, 0.2) is 0 Å². The Hall–Kier alpha value is -0.370. The monoisotopic (exact) mass is 90.0 g/mol. The molecule has 0 radical (unpaired) electrons. The summed E-state index contributed by atoms with van der Waals surface area (Å²) < 4.78 is 11.2. The van der Waals surface area contributed by atoms with E-state index in [1.54, 1.807) is 6.92 Å². The molecule has 0 aliphatic rings. The third kappa shape index (κ3) is 3.63. The normalized spacial score (nSPS) is 15.8. The van der Waals surface area contributed by atoms with Gasteiger partial charge in [-0.2, -0.15) is 0 Å². The van der Waals surface area contributed by atoms with Crippen molar-refractivity contribution >= 4 is 0 Å². The summed E-state index contributed by atoms with van der Waals surface area (Å²) in [6.07, 6.45) is 0.722. The fourth-order valence-corrected chi connectivity index (χ4v) is 0.159. The van der Waals surface area contributed by atoms with Gasteiger partial charge in [0.25, 0.3) is 0 Å². The number of hydrogen-bond acceptors (Lipinski definition) is 1. The third-order valence-electron chi connectivity index (χ3n) is 0.351. The van der Waals surface area contributed by atoms with Gasteiger partial charge in [-0.1, -0.05) is 6.08 Å². The molecule has 0 heterocycles. The predicted octanol–water partition coefficient (Wildman–Crippen LogP) is 0.850. The second-order valence-corrected chi connectivity index (χ2v) is 0.898. The summed E-state index contributed by atoms with van der Waals surface area (Å²) in [6.45, 7) is 1.64. The minimum Gasteiger partial charge on any atom is -0.361 e. The first-order valence-electron chi connectivity index (χ1n) is 1.72. The van der Waals surface area contributed by atoms with Crippen LogP contribution in [0.25, 0.3) is 0 Å². The molecule has 0 aliphatic carbocycles. The third-order valence-corrected chi connectivity index (χ3v) is 0.351. The molecule has 0 aromatic heterocycles. The maximum absolute atomic E-state index is 11.2. The van der Waals surface area contributed by atoms with Gasteiger partial charge in [0.2, 0.25) is 6.36 Å². The molecule has 0 spiro atoms. The standard InChI is InChI=1S/C4H7FO/c1-2-3-4(5)6/h2-4,6H,1H3/b3-2+. The van der Waals surface area contributed by atoms with Crippen molar-refractivity contribution in [1.82, 2.24) is 0 Å². The van der Waals surface area contributed by atoms with E-state index in [9.17, 15) is 4.39 Å². The highest BCUT2D eigenvalue weighted by atomic mass is 19.1. The van der Waals surface area contributed by atoms with Crippen molar-refractivity contribution < 1.29 is 9.50 Å². The van der Waals surface area contributed by atoms with E-state index in [1.165, 1.54) is 6.08 Å². The van der Waals surface area contributed by atoms with Gasteiger partial charge in [-0.15, -0.1) is 0 Å². The number of halogens is 1. The van der Waals surface area contributed by atoms with E-state index in [0.717, 1.165) is 6.08 Å². The molecule has 1 N–H and O–H groups in total. The second-order valence-electron chi connectivity index (χ2n) is 0.898. The molecule has 6 heavy (non-hydrogen) atoms. The van der Waals surface area contributed by atoms with E-state index in [0.29, 0.717) is 0 Å². The van der Waals surface area contributed by atoms with Crippen LogP contribution in [0.5, 0.6) is 0 Å². The minimum atomic E-state index is -1.78. The molecular formula is C4H7FO. The molecule has 1 unspecified atom stereocenters. The summed E-state index contributed by atoms with van der Waals surface area (Å²) in [7, 11) is 0. The van der Waals surface area contributed by atoms with Crippen LogP contribution in [0.3, 0.4) is 0 Å². The van der Waals surface area contributed by atoms with Gasteiger partial charge >= 0.3 is 0 Å². The Balaban J connectivity index is 3.03. The molecule has 0 rings (SSSR count). The number of rotatable bonds is 1. The summed E-state index contributed by atoms with van der Waals surface area (Å²) in [5.41, 5.74) is 0. The van der Waals surface area contributed by atoms with Crippen LogP contribution in [0, 0.1) is 0 Å². The Morgan fingerprint density at radius 1 is 1.83 bits per heavy atom. The Kier molecular flexibility index (Phi) is 2.67. The highest BCUT2D eigenvalue weighted by Gasteiger charge is 1.83. The molecule has 0 saturated carbocycles. The van der Waals surface area contributed by atoms with Crippen LogP contribution in [0.4, 0.5) is 4.39 Å². The lowest BCUT2D eigenvalue weighted by Gasteiger charge is -1.82. The first-order valence-corrected chi connectivity index (χ1v) is 1.72. The Morgan fingerprint density at radius 3 is 2.33 bits per heavy atom. The van der Waals surface area contributed by atoms with Crippen LogP contribution in [-0.4, -0.2) is 11.5 Å². The van der Waals surface area contributed by atoms with Crippen LogP contribution >= 0.6 is 0 Å². The Morgan fingerprint density at radius 2 is 2.33 bits per heavy atom. The zero-order valence-electron chi connectivity index (χ0n) is 3.56. The van der Waals surface area contributed by atoms with Gasteiger partial charge in [-0.3, -0.25) is 0 Å². The van der Waals surface area contributed by atoms with Crippen molar-refractivity contribution in [2.24, 2.45) is 0 Å². The number of alkyl halides is 1. The van der Waals surface area contributed by atoms with Gasteiger partial charge in [-0.05, 0) is 13.0 Å². The lowest BCUT2D eigenvalue weighted by atomic mass is 10.5. The van der Waals surface area contributed by atoms with E-state index in [4.69, 9.17) is 5.11 Å². The van der Waals surface area contributed by atoms with E-state index in [-0.39, 0.29) is 0 Å². The van der Waals surface area contributed by atoms with Gasteiger partial charge in [-0.25, -0.2) is 4.39 Å². The van der Waals surface area contributed by atoms with Crippen LogP contribution in [0.1, 0.15) is 6.92 Å². The second kappa shape index (κ2) is 2.85. The van der Waals surface area contributed by atoms with Gasteiger partial charge < -0.3 is 5.11 Å². The molecule has 0 amide bonds. The maximum Gasteiger partial charge on any atom is 0.215 e. The van der Waals surface area contributed by atoms with Crippen molar-refractivity contribution in [3.63, 3.8) is 0 Å². The number of aliphatic hydroxyl groups is 1. The van der Waals surface area contributed by atoms with Crippen LogP contribution in [-0.2, 0) is 0 Å². The zero-order chi connectivity index (χ0) is 4.99. The summed E-state index contributed by atoms with van der Waals surface area (Å²) >= 11 is 0. The maximum atomic E-state index is 11.2. The first-order chi connectivity index (χ1) is 2.77. The van der Waals surface area contributed by atoms with Crippen LogP contribution in [0.2, 0.25) is 0 Å². The number of hydrogen-bond donors (Lipinski definition) is 1. The topological polar surface area (TPSA) is 20.2 Å². The number of allylic oxidation sites excluding steroid dienone is 1. The molecule has 0 bridgehead atoms. The van der Waals surface area contributed by atoms with E-state index in [2.05, 4.69) is 0 Å². The molecule has 2 heteroatoms. The summed E-state index contributed by atoms with van der Waals surface area (Å²) in [6, 6.07) is 0. The molecule has 1 atom stereocenters. The van der Waals surface area contributed by atoms with Gasteiger partial charge in [0, 0.05) is 0 Å². The van der Waals surface area contributed by atoms with Crippen LogP contribution < -0.4 is 0 Å². The van der Waals surface area contributed by atoms with Crippen molar-refractivity contribution in [1.29, 1.82) is 0 Å². The predicted molar refractivity (Wildman–Crippen MR) is 21.9 cm³/mol. The van der Waals surface area contributed by atoms with Gasteiger partial charge in [0.1, 0.15) is 0 Å². The highest BCUT2D eigenvalue weighted by molar-refractivity contribution is 4.78. The lowest BCUT2D eigenvalue weighted by Crippen LogP contribution is -1.87. The van der Waals surface area contributed by atoms with Crippen molar-refractivity contribution in [2.75, 3.05) is 0 Å². The Bertz CT molecular complexity index is 49.5. The van der Waals surface area contributed by atoms with Crippen LogP contribution in [0.15, 0.2) is 12.2 Å². The van der Waals surface area contributed by atoms with E-state index >= 15 is 0 Å². The van der Waals surface area contributed by atoms with Crippen molar-refractivity contribution in [3.05, 3.63) is 12.2 Å². The number of aliphatic hydroxyl groups excluding tert-OH is 1. The fraction of sp³-hybridized carbons (Fsp3) is 0.500. The molecular weight excluding hydrogens is 83.0 g/mol. The molecule has 0 saturated heterocycles. The summed E-state index contributed by atoms with van der Waals surface area (Å²) in [5.74, 6) is 0. The van der Waals surface area contributed by atoms with Crippen molar-refractivity contribution in [2.45, 2.75) is 13.3 Å². The molecule has 1 nitrogen and oxygen atoms in total. The van der Waals surface area contributed by atoms with E-state index < -0.39 is 6.36 Å². The average molecular weight is 90.1 g/mol. The molecule has 36 valence electrons. The molecule has 0 aromatic rings. The lowest BCUT2D eigenvalue weighted by molar-refractivity contribution is 0.0882. The quantitative estimate of drug-likeness (QED) is 0.473. The molecule has 0 fully saturated rings. The smallest absolute Gasteiger partial charge is 0.215 e. The highest BCUT2D eigenvalue weighted by Crippen LogP contribution is 1.82. The van der Waals surface area contributed by atoms with E-state index in [1.807, 2.05) is 0 Å². The van der Waals surface area contributed by atoms with Crippen molar-refractivity contribution in [3.8, 4) is 0 Å². The average Bonchev–Trinajstić information content (AvgIpc) is 1.35. The Labute approximate surface area is 36.1 Å². The fourth-order valence-electron chi connectivity index (χ4n) is 0.159. The summed E-state index contributed by atoms with van der Waals surface area (Å²) in [5, 5.41) is 7.80. The first kappa shape index (κ1) is 5.63. The minimum absolute atomic E-state index is 1.06. The SMILES string of the molecule is C/C=C/C(O)F.